The van der Waals surface area contributed by atoms with E-state index in [1.165, 1.54) is 6.07 Å². The van der Waals surface area contributed by atoms with Gasteiger partial charge in [0.25, 0.3) is 0 Å². The minimum absolute atomic E-state index is 0.0478. The predicted molar refractivity (Wildman–Crippen MR) is 75.7 cm³/mol. The first-order valence-electron chi connectivity index (χ1n) is 6.56. The minimum Gasteiger partial charge on any atom is -0.454 e. The number of fused-ring (bicyclic) bond motifs is 1. The van der Waals surface area contributed by atoms with Crippen molar-refractivity contribution in [2.75, 3.05) is 12.1 Å². The third-order valence-corrected chi connectivity index (χ3v) is 3.45. The van der Waals surface area contributed by atoms with Crippen LogP contribution in [0.1, 0.15) is 24.1 Å². The van der Waals surface area contributed by atoms with Crippen molar-refractivity contribution in [1.82, 2.24) is 0 Å². The molecule has 104 valence electrons. The number of ether oxygens (including phenoxy) is 2. The van der Waals surface area contributed by atoms with Crippen LogP contribution in [0.25, 0.3) is 0 Å². The van der Waals surface area contributed by atoms with Crippen molar-refractivity contribution in [1.29, 1.82) is 0 Å². The molecule has 0 radical (unpaired) electrons. The van der Waals surface area contributed by atoms with Crippen LogP contribution in [0.4, 0.5) is 10.1 Å². The van der Waals surface area contributed by atoms with Crippen LogP contribution in [0.2, 0.25) is 0 Å². The van der Waals surface area contributed by atoms with Crippen molar-refractivity contribution in [2.24, 2.45) is 0 Å². The summed E-state index contributed by atoms with van der Waals surface area (Å²) in [6.07, 6.45) is 0. The second-order valence-corrected chi connectivity index (χ2v) is 4.94. The smallest absolute Gasteiger partial charge is 0.231 e. The van der Waals surface area contributed by atoms with Crippen LogP contribution >= 0.6 is 0 Å². The quantitative estimate of drug-likeness (QED) is 0.915. The molecule has 0 saturated heterocycles. The third kappa shape index (κ3) is 2.41. The summed E-state index contributed by atoms with van der Waals surface area (Å²) in [7, 11) is 0. The topological polar surface area (TPSA) is 30.5 Å². The zero-order valence-corrected chi connectivity index (χ0v) is 11.4. The summed E-state index contributed by atoms with van der Waals surface area (Å²) in [5.41, 5.74) is 2.47. The molecule has 0 aromatic heterocycles. The van der Waals surface area contributed by atoms with Gasteiger partial charge in [-0.25, -0.2) is 4.39 Å². The second kappa shape index (κ2) is 5.04. The maximum Gasteiger partial charge on any atom is 0.231 e. The fourth-order valence-corrected chi connectivity index (χ4v) is 2.20. The SMILES string of the molecule is Cc1ccc(NC(C)c2ccc3c(c2)OCO3)cc1F. The van der Waals surface area contributed by atoms with Gasteiger partial charge < -0.3 is 14.8 Å². The molecule has 20 heavy (non-hydrogen) atoms. The van der Waals surface area contributed by atoms with Gasteiger partial charge in [0.2, 0.25) is 6.79 Å². The number of nitrogens with one attached hydrogen (secondary N) is 1. The molecule has 1 heterocycles. The lowest BCUT2D eigenvalue weighted by Gasteiger charge is -2.16. The van der Waals surface area contributed by atoms with E-state index in [9.17, 15) is 4.39 Å². The van der Waals surface area contributed by atoms with E-state index in [0.29, 0.717) is 5.56 Å². The van der Waals surface area contributed by atoms with E-state index < -0.39 is 0 Å². The maximum atomic E-state index is 13.5. The fraction of sp³-hybridized carbons (Fsp3) is 0.250. The van der Waals surface area contributed by atoms with E-state index in [1.807, 2.05) is 31.2 Å². The fourth-order valence-electron chi connectivity index (χ4n) is 2.20. The van der Waals surface area contributed by atoms with Crippen LogP contribution in [0, 0.1) is 12.7 Å². The summed E-state index contributed by atoms with van der Waals surface area (Å²) in [6.45, 7) is 4.04. The Kier molecular flexibility index (Phi) is 3.22. The minimum atomic E-state index is -0.201. The van der Waals surface area contributed by atoms with Gasteiger partial charge in [0, 0.05) is 11.7 Å². The number of hydrogen-bond donors (Lipinski definition) is 1. The molecular formula is C16H16FNO2. The van der Waals surface area contributed by atoms with Gasteiger partial charge in [-0.05, 0) is 49.2 Å². The van der Waals surface area contributed by atoms with Crippen LogP contribution in [0.5, 0.6) is 11.5 Å². The molecule has 1 unspecified atom stereocenters. The Labute approximate surface area is 117 Å². The molecule has 0 fully saturated rings. The Hall–Kier alpha value is -2.23. The molecular weight excluding hydrogens is 257 g/mol. The van der Waals surface area contributed by atoms with Crippen molar-refractivity contribution in [3.63, 3.8) is 0 Å². The molecule has 0 spiro atoms. The molecule has 0 amide bonds. The van der Waals surface area contributed by atoms with Gasteiger partial charge in [0.1, 0.15) is 5.82 Å². The molecule has 0 aliphatic carbocycles. The molecule has 0 bridgehead atoms. The standard InChI is InChI=1S/C16H16FNO2/c1-10-3-5-13(8-14(10)17)18-11(2)12-4-6-15-16(7-12)20-9-19-15/h3-8,11,18H,9H2,1-2H3. The lowest BCUT2D eigenvalue weighted by molar-refractivity contribution is 0.174. The lowest BCUT2D eigenvalue weighted by atomic mass is 10.1. The number of hydrogen-bond acceptors (Lipinski definition) is 3. The van der Waals surface area contributed by atoms with Crippen LogP contribution in [-0.2, 0) is 0 Å². The highest BCUT2D eigenvalue weighted by Crippen LogP contribution is 2.34. The summed E-state index contributed by atoms with van der Waals surface area (Å²) >= 11 is 0. The molecule has 3 rings (SSSR count). The molecule has 2 aromatic rings. The number of rotatable bonds is 3. The molecule has 1 aliphatic heterocycles. The van der Waals surface area contributed by atoms with Crippen molar-refractivity contribution in [3.8, 4) is 11.5 Å². The second-order valence-electron chi connectivity index (χ2n) is 4.94. The van der Waals surface area contributed by atoms with Gasteiger partial charge in [-0.3, -0.25) is 0 Å². The Morgan fingerprint density at radius 2 is 1.90 bits per heavy atom. The molecule has 1 N–H and O–H groups in total. The van der Waals surface area contributed by atoms with Gasteiger partial charge in [0.15, 0.2) is 11.5 Å². The maximum absolute atomic E-state index is 13.5. The van der Waals surface area contributed by atoms with Crippen molar-refractivity contribution in [2.45, 2.75) is 19.9 Å². The Morgan fingerprint density at radius 1 is 1.10 bits per heavy atom. The molecule has 0 saturated carbocycles. The summed E-state index contributed by atoms with van der Waals surface area (Å²) in [4.78, 5) is 0. The van der Waals surface area contributed by atoms with Crippen LogP contribution < -0.4 is 14.8 Å². The van der Waals surface area contributed by atoms with Gasteiger partial charge in [-0.15, -0.1) is 0 Å². The molecule has 1 aliphatic rings. The summed E-state index contributed by atoms with van der Waals surface area (Å²) < 4.78 is 24.2. The zero-order valence-electron chi connectivity index (χ0n) is 11.4. The number of aryl methyl sites for hydroxylation is 1. The first kappa shape index (κ1) is 12.8. The largest absolute Gasteiger partial charge is 0.454 e. The summed E-state index contributed by atoms with van der Waals surface area (Å²) in [5, 5.41) is 3.28. The third-order valence-electron chi connectivity index (χ3n) is 3.45. The molecule has 4 heteroatoms. The Bertz CT molecular complexity index is 642. The number of halogens is 1. The lowest BCUT2D eigenvalue weighted by Crippen LogP contribution is -2.06. The highest BCUT2D eigenvalue weighted by atomic mass is 19.1. The monoisotopic (exact) mass is 273 g/mol. The van der Waals surface area contributed by atoms with E-state index >= 15 is 0 Å². The van der Waals surface area contributed by atoms with Crippen LogP contribution in [0.15, 0.2) is 36.4 Å². The zero-order chi connectivity index (χ0) is 14.1. The average Bonchev–Trinajstić information content (AvgIpc) is 2.90. The van der Waals surface area contributed by atoms with Crippen molar-refractivity contribution < 1.29 is 13.9 Å². The van der Waals surface area contributed by atoms with Gasteiger partial charge in [-0.1, -0.05) is 12.1 Å². The molecule has 3 nitrogen and oxygen atoms in total. The first-order valence-corrected chi connectivity index (χ1v) is 6.56. The van der Waals surface area contributed by atoms with Crippen LogP contribution in [0.3, 0.4) is 0 Å². The highest BCUT2D eigenvalue weighted by molar-refractivity contribution is 5.50. The van der Waals surface area contributed by atoms with Crippen LogP contribution in [-0.4, -0.2) is 6.79 Å². The molecule has 2 aromatic carbocycles. The predicted octanol–water partition coefficient (Wildman–Crippen LogP) is 4.04. The summed E-state index contributed by atoms with van der Waals surface area (Å²) in [6, 6.07) is 11.0. The summed E-state index contributed by atoms with van der Waals surface area (Å²) in [5.74, 6) is 1.32. The molecule has 1 atom stereocenters. The Balaban J connectivity index is 1.78. The van der Waals surface area contributed by atoms with E-state index in [-0.39, 0.29) is 18.7 Å². The van der Waals surface area contributed by atoms with E-state index in [2.05, 4.69) is 5.32 Å². The van der Waals surface area contributed by atoms with Gasteiger partial charge >= 0.3 is 0 Å². The normalized spacial score (nSPS) is 14.2. The highest BCUT2D eigenvalue weighted by Gasteiger charge is 2.15. The Morgan fingerprint density at radius 3 is 2.70 bits per heavy atom. The van der Waals surface area contributed by atoms with Gasteiger partial charge in [-0.2, -0.15) is 0 Å². The van der Waals surface area contributed by atoms with Crippen molar-refractivity contribution >= 4 is 5.69 Å². The van der Waals surface area contributed by atoms with Crippen molar-refractivity contribution in [3.05, 3.63) is 53.3 Å². The first-order chi connectivity index (χ1) is 9.63. The average molecular weight is 273 g/mol. The van der Waals surface area contributed by atoms with Gasteiger partial charge in [0.05, 0.1) is 0 Å². The van der Waals surface area contributed by atoms with E-state index in [0.717, 1.165) is 22.7 Å². The van der Waals surface area contributed by atoms with E-state index in [4.69, 9.17) is 9.47 Å². The number of anilines is 1. The number of benzene rings is 2. The van der Waals surface area contributed by atoms with E-state index in [1.54, 1.807) is 13.0 Å².